The molecule has 86 valence electrons. The minimum Gasteiger partial charge on any atom is -0.349 e. The van der Waals surface area contributed by atoms with Gasteiger partial charge in [-0.1, -0.05) is 0 Å². The Morgan fingerprint density at radius 1 is 1.00 bits per heavy atom. The van der Waals surface area contributed by atoms with E-state index in [9.17, 15) is 0 Å². The van der Waals surface area contributed by atoms with Crippen LogP contribution in [0.5, 0.6) is 0 Å². The molecular weight excluding hydrogens is 216 g/mol. The molecule has 0 bridgehead atoms. The quantitative estimate of drug-likeness (QED) is 0.812. The van der Waals surface area contributed by atoms with E-state index in [1.807, 2.05) is 64.6 Å². The molecule has 0 saturated carbocycles. The van der Waals surface area contributed by atoms with Gasteiger partial charge in [-0.25, -0.2) is 0 Å². The van der Waals surface area contributed by atoms with E-state index in [2.05, 4.69) is 23.5 Å². The highest BCUT2D eigenvalue weighted by atomic mass is 15.4. The molecule has 0 unspecified atom stereocenters. The zero-order valence-corrected chi connectivity index (χ0v) is 9.62. The van der Waals surface area contributed by atoms with Crippen LogP contribution in [0.15, 0.2) is 30.9 Å². The molecule has 6 nitrogen and oxygen atoms in total. The van der Waals surface area contributed by atoms with Gasteiger partial charge in [0.2, 0.25) is 13.3 Å². The molecule has 0 amide bonds. The Labute approximate surface area is 100 Å². The van der Waals surface area contributed by atoms with E-state index in [1.54, 1.807) is 0 Å². The normalized spacial score (nSPS) is 18.9. The molecule has 0 saturated heterocycles. The van der Waals surface area contributed by atoms with E-state index in [4.69, 9.17) is 0 Å². The van der Waals surface area contributed by atoms with E-state index in [-0.39, 0.29) is 0 Å². The maximum absolute atomic E-state index is 4.23. The zero-order valence-electron chi connectivity index (χ0n) is 9.62. The monoisotopic (exact) mass is 228 g/mol. The lowest BCUT2D eigenvalue weighted by Gasteiger charge is -2.13. The van der Waals surface area contributed by atoms with Gasteiger partial charge in [0.15, 0.2) is 5.82 Å². The summed E-state index contributed by atoms with van der Waals surface area (Å²) >= 11 is 0. The second-order valence-corrected chi connectivity index (χ2v) is 3.87. The first-order valence-electron chi connectivity index (χ1n) is 5.21. The van der Waals surface area contributed by atoms with Gasteiger partial charge >= 0.3 is 0 Å². The fraction of sp³-hybridized carbons (Fsp3) is 0.182. The first kappa shape index (κ1) is 10.1. The third-order valence-corrected chi connectivity index (χ3v) is 2.47. The molecule has 1 N–H and O–H groups in total. The van der Waals surface area contributed by atoms with Gasteiger partial charge in [0.1, 0.15) is 5.82 Å². The van der Waals surface area contributed by atoms with Gasteiger partial charge in [-0.15, -0.1) is 0 Å². The Morgan fingerprint density at radius 2 is 1.65 bits per heavy atom. The van der Waals surface area contributed by atoms with Crippen molar-refractivity contribution >= 4 is 11.6 Å². The molecule has 3 heterocycles. The van der Waals surface area contributed by atoms with Crippen LogP contribution >= 0.6 is 0 Å². The summed E-state index contributed by atoms with van der Waals surface area (Å²) < 4.78 is 0. The Hall–Kier alpha value is -2.11. The summed E-state index contributed by atoms with van der Waals surface area (Å²) in [5.41, 5.74) is 0. The number of anilines is 2. The summed E-state index contributed by atoms with van der Waals surface area (Å²) in [5, 5.41) is 7.19. The summed E-state index contributed by atoms with van der Waals surface area (Å²) in [4.78, 5) is 7.36. The van der Waals surface area contributed by atoms with E-state index in [0.29, 0.717) is 0 Å². The highest BCUT2D eigenvalue weighted by Crippen LogP contribution is 2.25. The number of nitrogens with one attached hydrogen (secondary N) is 1. The predicted molar refractivity (Wildman–Crippen MR) is 63.8 cm³/mol. The number of aromatic nitrogens is 2. The van der Waals surface area contributed by atoms with Crippen molar-refractivity contribution in [2.45, 2.75) is 0 Å². The second kappa shape index (κ2) is 3.73. The van der Waals surface area contributed by atoms with Crippen molar-refractivity contribution in [3.63, 3.8) is 0 Å². The average molecular weight is 228 g/mol. The highest BCUT2D eigenvalue weighted by molar-refractivity contribution is 5.57. The molecule has 1 aromatic rings. The Morgan fingerprint density at radius 3 is 2.24 bits per heavy atom. The van der Waals surface area contributed by atoms with Gasteiger partial charge in [0, 0.05) is 45.0 Å². The Bertz CT molecular complexity index is 422. The molecule has 3 rings (SSSR count). The van der Waals surface area contributed by atoms with Gasteiger partial charge < -0.3 is 14.7 Å². The molecule has 0 fully saturated rings. The molecule has 0 atom stereocenters. The van der Waals surface area contributed by atoms with Crippen LogP contribution in [0.2, 0.25) is 0 Å². The first-order valence-corrected chi connectivity index (χ1v) is 5.21. The van der Waals surface area contributed by atoms with Crippen molar-refractivity contribution < 1.29 is 0 Å². The molecule has 0 aliphatic carbocycles. The van der Waals surface area contributed by atoms with Crippen LogP contribution in [0.1, 0.15) is 0 Å². The summed E-state index contributed by atoms with van der Waals surface area (Å²) in [6, 6.07) is 1.94. The molecule has 6 heteroatoms. The maximum atomic E-state index is 4.23. The van der Waals surface area contributed by atoms with E-state index in [0.717, 1.165) is 11.6 Å². The minimum atomic E-state index is 0.797. The number of hydrogen-bond acceptors (Lipinski definition) is 5. The van der Waals surface area contributed by atoms with Crippen LogP contribution in [0.4, 0.5) is 11.6 Å². The molecule has 2 aliphatic heterocycles. The third-order valence-electron chi connectivity index (χ3n) is 2.47. The largest absolute Gasteiger partial charge is 0.349 e. The van der Waals surface area contributed by atoms with Crippen LogP contribution < -0.4 is 9.80 Å². The standard InChI is InChI=1S/C11H12N6/c1-14-3-5-16(8-14)10-7-11(13-12-10)17-6-4-15(2)9-17/h3-7H,1-2H3,(H,12,13). The molecule has 1 aromatic heterocycles. The molecule has 0 spiro atoms. The van der Waals surface area contributed by atoms with E-state index in [1.165, 1.54) is 0 Å². The number of rotatable bonds is 2. The fourth-order valence-electron chi connectivity index (χ4n) is 1.62. The lowest BCUT2D eigenvalue weighted by molar-refractivity contribution is 0.573. The minimum absolute atomic E-state index is 0.797. The molecule has 2 aliphatic rings. The lowest BCUT2D eigenvalue weighted by Crippen LogP contribution is -2.15. The van der Waals surface area contributed by atoms with Crippen molar-refractivity contribution in [2.24, 2.45) is 0 Å². The summed E-state index contributed by atoms with van der Waals surface area (Å²) in [6.07, 6.45) is 7.65. The van der Waals surface area contributed by atoms with Crippen LogP contribution in [-0.2, 0) is 0 Å². The highest BCUT2D eigenvalue weighted by Gasteiger charge is 2.19. The Balaban J connectivity index is 1.75. The number of aromatic amines is 1. The van der Waals surface area contributed by atoms with E-state index >= 15 is 0 Å². The number of H-pyrrole nitrogens is 1. The van der Waals surface area contributed by atoms with Crippen molar-refractivity contribution in [1.82, 2.24) is 20.0 Å². The molecule has 17 heavy (non-hydrogen) atoms. The zero-order chi connectivity index (χ0) is 11.8. The van der Waals surface area contributed by atoms with Gasteiger partial charge in [-0.05, 0) is 0 Å². The van der Waals surface area contributed by atoms with Crippen molar-refractivity contribution in [1.29, 1.82) is 0 Å². The Kier molecular flexibility index (Phi) is 2.21. The van der Waals surface area contributed by atoms with Crippen LogP contribution in [-0.4, -0.2) is 34.1 Å². The predicted octanol–water partition coefficient (Wildman–Crippen LogP) is 0.848. The maximum Gasteiger partial charge on any atom is 0.213 e. The van der Waals surface area contributed by atoms with Crippen LogP contribution in [0, 0.1) is 13.3 Å². The average Bonchev–Trinajstić information content (AvgIpc) is 2.96. The molecule has 4 radical (unpaired) electrons. The van der Waals surface area contributed by atoms with Crippen molar-refractivity contribution in [3.05, 3.63) is 44.2 Å². The summed E-state index contributed by atoms with van der Waals surface area (Å²) in [5.74, 6) is 1.66. The third kappa shape index (κ3) is 1.82. The summed E-state index contributed by atoms with van der Waals surface area (Å²) in [7, 11) is 3.84. The molecule has 0 aromatic carbocycles. The lowest BCUT2D eigenvalue weighted by atomic mass is 10.5. The van der Waals surface area contributed by atoms with Gasteiger partial charge in [0.25, 0.3) is 0 Å². The fourth-order valence-corrected chi connectivity index (χ4v) is 1.62. The van der Waals surface area contributed by atoms with Crippen molar-refractivity contribution in [2.75, 3.05) is 23.9 Å². The molecular formula is C11H12N6. The second-order valence-electron chi connectivity index (χ2n) is 3.87. The topological polar surface area (TPSA) is 41.6 Å². The van der Waals surface area contributed by atoms with Gasteiger partial charge in [-0.2, -0.15) is 5.10 Å². The van der Waals surface area contributed by atoms with E-state index < -0.39 is 0 Å². The first-order chi connectivity index (χ1) is 8.22. The van der Waals surface area contributed by atoms with Crippen LogP contribution in [0.3, 0.4) is 0 Å². The van der Waals surface area contributed by atoms with Gasteiger partial charge in [-0.3, -0.25) is 10.00 Å². The van der Waals surface area contributed by atoms with Gasteiger partial charge in [0.05, 0.1) is 0 Å². The summed E-state index contributed by atoms with van der Waals surface area (Å²) in [6.45, 7) is 6.19. The number of hydrogen-bond donors (Lipinski definition) is 1. The number of nitrogens with zero attached hydrogens (tertiary/aromatic N) is 5. The van der Waals surface area contributed by atoms with Crippen molar-refractivity contribution in [3.8, 4) is 0 Å². The SMILES string of the molecule is CN1[C]N(c2cc(N3[C]N(C)C=C3)[nH]n2)C=C1. The smallest absolute Gasteiger partial charge is 0.213 e. The van der Waals surface area contributed by atoms with Crippen LogP contribution in [0.25, 0.3) is 0 Å².